The SMILES string of the molecule is C=CCN(Cc1ccccc1)C(=O)[C@H]1[C@H]2C(=O)N(CCCCCO)C(C(=O)N(CC=C)c3ccc4ccccc4c3)C23CC(Br)[C@@H]1O3. The maximum atomic E-state index is 14.9. The third kappa shape index (κ3) is 6.05. The zero-order chi connectivity index (χ0) is 33.1. The average molecular weight is 701 g/mol. The lowest BCUT2D eigenvalue weighted by atomic mass is 9.70. The van der Waals surface area contributed by atoms with E-state index in [1.807, 2.05) is 72.8 Å². The molecule has 9 heteroatoms. The number of hydrogen-bond donors (Lipinski definition) is 1. The van der Waals surface area contributed by atoms with E-state index in [1.165, 1.54) is 0 Å². The molecule has 1 spiro atoms. The van der Waals surface area contributed by atoms with E-state index in [-0.39, 0.29) is 35.7 Å². The van der Waals surface area contributed by atoms with Gasteiger partial charge in [-0.2, -0.15) is 0 Å². The molecule has 6 atom stereocenters. The maximum absolute atomic E-state index is 14.9. The number of ether oxygens (including phenoxy) is 1. The van der Waals surface area contributed by atoms with E-state index in [0.29, 0.717) is 51.0 Å². The minimum Gasteiger partial charge on any atom is -0.396 e. The zero-order valence-corrected chi connectivity index (χ0v) is 28.1. The highest BCUT2D eigenvalue weighted by Gasteiger charge is 2.76. The van der Waals surface area contributed by atoms with Gasteiger partial charge in [0, 0.05) is 43.3 Å². The van der Waals surface area contributed by atoms with Crippen LogP contribution in [0.3, 0.4) is 0 Å². The van der Waals surface area contributed by atoms with Crippen molar-refractivity contribution in [3.05, 3.63) is 104 Å². The van der Waals surface area contributed by atoms with E-state index in [9.17, 15) is 19.5 Å². The number of anilines is 1. The molecular formula is C38H42BrN3O5. The lowest BCUT2D eigenvalue weighted by molar-refractivity contribution is -0.145. The van der Waals surface area contributed by atoms with E-state index >= 15 is 0 Å². The number of halogens is 1. The number of hydrogen-bond acceptors (Lipinski definition) is 5. The number of aliphatic hydroxyl groups excluding tert-OH is 1. The Morgan fingerprint density at radius 2 is 1.68 bits per heavy atom. The second-order valence-electron chi connectivity index (χ2n) is 12.7. The van der Waals surface area contributed by atoms with Crippen LogP contribution in [0.1, 0.15) is 31.2 Å². The van der Waals surface area contributed by atoms with Gasteiger partial charge in [-0.25, -0.2) is 0 Å². The Kier molecular flexibility index (Phi) is 9.96. The predicted molar refractivity (Wildman–Crippen MR) is 187 cm³/mol. The molecule has 1 N–H and O–H groups in total. The number of rotatable bonds is 14. The first kappa shape index (κ1) is 33.1. The summed E-state index contributed by atoms with van der Waals surface area (Å²) < 4.78 is 6.81. The van der Waals surface area contributed by atoms with Crippen molar-refractivity contribution < 1.29 is 24.2 Å². The van der Waals surface area contributed by atoms with Crippen LogP contribution in [0.5, 0.6) is 0 Å². The third-order valence-electron chi connectivity index (χ3n) is 9.87. The molecule has 246 valence electrons. The van der Waals surface area contributed by atoms with Crippen LogP contribution < -0.4 is 4.90 Å². The fourth-order valence-electron chi connectivity index (χ4n) is 7.85. The number of fused-ring (bicyclic) bond motifs is 2. The summed E-state index contributed by atoms with van der Waals surface area (Å²) in [6.45, 7) is 9.15. The van der Waals surface area contributed by atoms with Crippen molar-refractivity contribution >= 4 is 50.1 Å². The minimum absolute atomic E-state index is 0.0606. The Balaban J connectivity index is 1.39. The van der Waals surface area contributed by atoms with E-state index < -0.39 is 29.6 Å². The molecule has 3 aromatic rings. The average Bonchev–Trinajstić information content (AvgIpc) is 3.68. The highest BCUT2D eigenvalue weighted by Crippen LogP contribution is 2.60. The summed E-state index contributed by atoms with van der Waals surface area (Å²) in [4.78, 5) is 48.9. The summed E-state index contributed by atoms with van der Waals surface area (Å²) in [6, 6.07) is 22.7. The first-order chi connectivity index (χ1) is 22.8. The number of alkyl halides is 1. The van der Waals surface area contributed by atoms with Gasteiger partial charge in [-0.05, 0) is 54.2 Å². The van der Waals surface area contributed by atoms with Gasteiger partial charge in [-0.15, -0.1) is 13.2 Å². The highest BCUT2D eigenvalue weighted by molar-refractivity contribution is 9.09. The van der Waals surface area contributed by atoms with Gasteiger partial charge < -0.3 is 24.5 Å². The largest absolute Gasteiger partial charge is 0.396 e. The molecule has 0 aliphatic carbocycles. The monoisotopic (exact) mass is 699 g/mol. The zero-order valence-electron chi connectivity index (χ0n) is 26.5. The van der Waals surface area contributed by atoms with Gasteiger partial charge in [-0.1, -0.05) is 88.7 Å². The second kappa shape index (κ2) is 14.1. The Morgan fingerprint density at radius 3 is 2.40 bits per heavy atom. The lowest BCUT2D eigenvalue weighted by Gasteiger charge is -2.37. The molecule has 3 heterocycles. The quantitative estimate of drug-likeness (QED) is 0.137. The number of carbonyl (C=O) groups is 3. The van der Waals surface area contributed by atoms with Crippen LogP contribution in [-0.4, -0.2) is 81.4 Å². The van der Waals surface area contributed by atoms with Crippen LogP contribution in [-0.2, 0) is 25.7 Å². The molecule has 3 aliphatic rings. The van der Waals surface area contributed by atoms with Crippen molar-refractivity contribution in [3.63, 3.8) is 0 Å². The molecule has 0 aromatic heterocycles. The van der Waals surface area contributed by atoms with Gasteiger partial charge in [0.15, 0.2) is 0 Å². The normalized spacial score (nSPS) is 26.0. The van der Waals surface area contributed by atoms with Crippen molar-refractivity contribution in [2.75, 3.05) is 31.1 Å². The standard InChI is InChI=1S/C38H42BrN3O5/c1-3-19-40(25-26-13-7-5-8-14-26)35(44)31-32-36(45)42(21-11-6-12-22-43)34(38(32)24-30(39)33(31)47-38)37(46)41(20-4-2)29-18-17-27-15-9-10-16-28(27)23-29/h3-5,7-10,13-18,23,30-34,43H,1-2,6,11-12,19-22,24-25H2/t30?,31-,32-,33-,34?,38?/m0/s1. The molecule has 3 aliphatic heterocycles. The summed E-state index contributed by atoms with van der Waals surface area (Å²) in [5.41, 5.74) is 0.507. The molecule has 3 saturated heterocycles. The van der Waals surface area contributed by atoms with E-state index in [2.05, 4.69) is 29.1 Å². The molecule has 3 aromatic carbocycles. The molecule has 3 fully saturated rings. The summed E-state index contributed by atoms with van der Waals surface area (Å²) in [5.74, 6) is -2.20. The van der Waals surface area contributed by atoms with Crippen molar-refractivity contribution in [3.8, 4) is 0 Å². The van der Waals surface area contributed by atoms with E-state index in [4.69, 9.17) is 4.74 Å². The molecule has 8 nitrogen and oxygen atoms in total. The lowest BCUT2D eigenvalue weighted by Crippen LogP contribution is -2.57. The molecule has 3 amide bonds. The third-order valence-corrected chi connectivity index (χ3v) is 10.7. The topological polar surface area (TPSA) is 90.4 Å². The smallest absolute Gasteiger partial charge is 0.253 e. The molecular weight excluding hydrogens is 658 g/mol. The minimum atomic E-state index is -1.17. The fourth-order valence-corrected chi connectivity index (χ4v) is 8.79. The van der Waals surface area contributed by atoms with Gasteiger partial charge in [0.1, 0.15) is 11.6 Å². The van der Waals surface area contributed by atoms with Crippen LogP contribution in [0.15, 0.2) is 98.1 Å². The molecule has 0 saturated carbocycles. The maximum Gasteiger partial charge on any atom is 0.253 e. The number of carbonyl (C=O) groups excluding carboxylic acids is 3. The second-order valence-corrected chi connectivity index (χ2v) is 13.9. The number of likely N-dealkylation sites (tertiary alicyclic amines) is 1. The Labute approximate surface area is 284 Å². The first-order valence-electron chi connectivity index (χ1n) is 16.4. The van der Waals surface area contributed by atoms with Gasteiger partial charge in [-0.3, -0.25) is 14.4 Å². The van der Waals surface area contributed by atoms with E-state index in [0.717, 1.165) is 16.3 Å². The molecule has 3 unspecified atom stereocenters. The highest BCUT2D eigenvalue weighted by atomic mass is 79.9. The molecule has 6 rings (SSSR count). The van der Waals surface area contributed by atoms with Crippen molar-refractivity contribution in [2.45, 2.75) is 54.8 Å². The van der Waals surface area contributed by atoms with Crippen LogP contribution in [0.25, 0.3) is 10.8 Å². The molecule has 47 heavy (non-hydrogen) atoms. The van der Waals surface area contributed by atoms with E-state index in [1.54, 1.807) is 26.9 Å². The van der Waals surface area contributed by atoms with Crippen molar-refractivity contribution in [1.29, 1.82) is 0 Å². The first-order valence-corrected chi connectivity index (χ1v) is 17.3. The van der Waals surface area contributed by atoms with Gasteiger partial charge >= 0.3 is 0 Å². The fraction of sp³-hybridized carbons (Fsp3) is 0.395. The van der Waals surface area contributed by atoms with Crippen LogP contribution in [0.2, 0.25) is 0 Å². The summed E-state index contributed by atoms with van der Waals surface area (Å²) in [6.07, 6.45) is 5.19. The number of nitrogens with zero attached hydrogens (tertiary/aromatic N) is 3. The van der Waals surface area contributed by atoms with Gasteiger partial charge in [0.05, 0.1) is 17.9 Å². The Morgan fingerprint density at radius 1 is 0.957 bits per heavy atom. The Hall–Kier alpha value is -3.79. The molecule has 0 radical (unpaired) electrons. The number of unbranched alkanes of at least 4 members (excludes halogenated alkanes) is 2. The molecule has 2 bridgehead atoms. The summed E-state index contributed by atoms with van der Waals surface area (Å²) >= 11 is 3.81. The number of amides is 3. The predicted octanol–water partition coefficient (Wildman–Crippen LogP) is 5.48. The summed E-state index contributed by atoms with van der Waals surface area (Å²) in [5, 5.41) is 11.5. The number of benzene rings is 3. The van der Waals surface area contributed by atoms with Gasteiger partial charge in [0.2, 0.25) is 11.8 Å². The van der Waals surface area contributed by atoms with Crippen LogP contribution in [0, 0.1) is 11.8 Å². The number of aliphatic hydroxyl groups is 1. The van der Waals surface area contributed by atoms with Crippen LogP contribution in [0.4, 0.5) is 5.69 Å². The van der Waals surface area contributed by atoms with Crippen LogP contribution >= 0.6 is 15.9 Å². The Bertz CT molecular complexity index is 1650. The van der Waals surface area contributed by atoms with Crippen molar-refractivity contribution in [2.24, 2.45) is 11.8 Å². The van der Waals surface area contributed by atoms with Crippen molar-refractivity contribution in [1.82, 2.24) is 9.80 Å². The van der Waals surface area contributed by atoms with Gasteiger partial charge in [0.25, 0.3) is 5.91 Å². The summed E-state index contributed by atoms with van der Waals surface area (Å²) in [7, 11) is 0.